The summed E-state index contributed by atoms with van der Waals surface area (Å²) in [7, 11) is 0. The quantitative estimate of drug-likeness (QED) is 0.546. The van der Waals surface area contributed by atoms with Gasteiger partial charge in [0, 0.05) is 12.3 Å². The van der Waals surface area contributed by atoms with Gasteiger partial charge < -0.3 is 19.5 Å². The summed E-state index contributed by atoms with van der Waals surface area (Å²) in [6, 6.07) is 5.00. The molecule has 28 heavy (non-hydrogen) atoms. The molecule has 0 saturated heterocycles. The number of hydrogen-bond acceptors (Lipinski definition) is 5. The van der Waals surface area contributed by atoms with Crippen LogP contribution in [0.3, 0.4) is 0 Å². The maximum atomic E-state index is 12.9. The zero-order chi connectivity index (χ0) is 21.3. The highest BCUT2D eigenvalue weighted by molar-refractivity contribution is 5.99. The van der Waals surface area contributed by atoms with Gasteiger partial charge in [0.2, 0.25) is 0 Å². The van der Waals surface area contributed by atoms with Crippen LogP contribution in [0.25, 0.3) is 0 Å². The highest BCUT2D eigenvalue weighted by atomic mass is 16.5. The van der Waals surface area contributed by atoms with E-state index in [0.717, 1.165) is 6.42 Å². The second-order valence-corrected chi connectivity index (χ2v) is 7.48. The minimum absolute atomic E-state index is 0.0408. The van der Waals surface area contributed by atoms with E-state index in [-0.39, 0.29) is 18.6 Å². The molecule has 0 saturated carbocycles. The number of anilines is 1. The van der Waals surface area contributed by atoms with Gasteiger partial charge in [-0.05, 0) is 64.7 Å². The largest absolute Gasteiger partial charge is 0.490 e. The Labute approximate surface area is 168 Å². The van der Waals surface area contributed by atoms with Crippen LogP contribution in [-0.4, -0.2) is 36.8 Å². The first-order valence-electron chi connectivity index (χ1n) is 10.1. The number of ether oxygens (including phenoxy) is 3. The van der Waals surface area contributed by atoms with Gasteiger partial charge in [-0.2, -0.15) is 0 Å². The van der Waals surface area contributed by atoms with Gasteiger partial charge in [0.1, 0.15) is 16.9 Å². The molecule has 2 atom stereocenters. The van der Waals surface area contributed by atoms with Crippen molar-refractivity contribution in [1.82, 2.24) is 0 Å². The van der Waals surface area contributed by atoms with Crippen LogP contribution < -0.4 is 10.1 Å². The van der Waals surface area contributed by atoms with Crippen molar-refractivity contribution in [3.05, 3.63) is 23.8 Å². The summed E-state index contributed by atoms with van der Waals surface area (Å²) in [5, 5.41) is 2.88. The molecule has 0 spiro atoms. The van der Waals surface area contributed by atoms with Crippen molar-refractivity contribution in [2.24, 2.45) is 5.92 Å². The molecule has 158 valence electrons. The third kappa shape index (κ3) is 6.82. The molecule has 1 aromatic rings. The minimum atomic E-state index is -0.946. The van der Waals surface area contributed by atoms with Gasteiger partial charge in [-0.1, -0.05) is 20.8 Å². The number of carbonyl (C=O) groups is 2. The Bertz CT molecular complexity index is 658. The third-order valence-corrected chi connectivity index (χ3v) is 4.38. The second-order valence-electron chi connectivity index (χ2n) is 7.48. The lowest BCUT2D eigenvalue weighted by Crippen LogP contribution is -2.44. The molecule has 0 aromatic heterocycles. The van der Waals surface area contributed by atoms with Crippen LogP contribution in [-0.2, 0) is 14.3 Å². The highest BCUT2D eigenvalue weighted by Crippen LogP contribution is 2.28. The average molecular weight is 394 g/mol. The van der Waals surface area contributed by atoms with E-state index in [2.05, 4.69) is 5.32 Å². The molecule has 1 aromatic carbocycles. The second kappa shape index (κ2) is 11.1. The topological polar surface area (TPSA) is 73.9 Å². The SMILES string of the molecule is CCOC(=O)c1cc(NC(=O)[C@@](C)(CC(C)C)OCC)ccc1O[C@@H](C)CC. The predicted octanol–water partition coefficient (Wildman–Crippen LogP) is 4.82. The van der Waals surface area contributed by atoms with E-state index in [1.807, 2.05) is 34.6 Å². The maximum Gasteiger partial charge on any atom is 0.341 e. The number of benzene rings is 1. The van der Waals surface area contributed by atoms with Crippen LogP contribution in [0.15, 0.2) is 18.2 Å². The number of carbonyl (C=O) groups excluding carboxylic acids is 2. The first-order valence-corrected chi connectivity index (χ1v) is 10.1. The first kappa shape index (κ1) is 24.0. The van der Waals surface area contributed by atoms with Gasteiger partial charge in [0.05, 0.1) is 12.7 Å². The Morgan fingerprint density at radius 1 is 1.11 bits per heavy atom. The maximum absolute atomic E-state index is 12.9. The summed E-state index contributed by atoms with van der Waals surface area (Å²) in [6.07, 6.45) is 1.36. The summed E-state index contributed by atoms with van der Waals surface area (Å²) in [4.78, 5) is 25.3. The average Bonchev–Trinajstić information content (AvgIpc) is 2.62. The van der Waals surface area contributed by atoms with Crippen molar-refractivity contribution in [3.63, 3.8) is 0 Å². The molecule has 0 heterocycles. The van der Waals surface area contributed by atoms with Gasteiger partial charge in [0.15, 0.2) is 0 Å². The number of esters is 1. The summed E-state index contributed by atoms with van der Waals surface area (Å²) < 4.78 is 16.7. The Kier molecular flexibility index (Phi) is 9.46. The number of amides is 1. The molecule has 1 rings (SSSR count). The van der Waals surface area contributed by atoms with Gasteiger partial charge in [-0.15, -0.1) is 0 Å². The van der Waals surface area contributed by atoms with Crippen molar-refractivity contribution in [1.29, 1.82) is 0 Å². The zero-order valence-corrected chi connectivity index (χ0v) is 18.3. The third-order valence-electron chi connectivity index (χ3n) is 4.38. The number of hydrogen-bond donors (Lipinski definition) is 1. The standard InChI is InChI=1S/C22H35NO5/c1-8-16(6)28-19-12-11-17(13-18(19)20(24)26-9-2)23-21(25)22(7,27-10-3)14-15(4)5/h11-13,15-16H,8-10,14H2,1-7H3,(H,23,25)/t16-,22+/m0/s1. The van der Waals surface area contributed by atoms with Crippen molar-refractivity contribution in [2.45, 2.75) is 73.0 Å². The Hall–Kier alpha value is -2.08. The molecular weight excluding hydrogens is 358 g/mol. The van der Waals surface area contributed by atoms with Gasteiger partial charge in [-0.3, -0.25) is 4.79 Å². The molecule has 0 fully saturated rings. The summed E-state index contributed by atoms with van der Waals surface area (Å²) in [5.41, 5.74) is -0.153. The van der Waals surface area contributed by atoms with E-state index in [1.165, 1.54) is 0 Å². The normalized spacial score (nSPS) is 14.3. The predicted molar refractivity (Wildman–Crippen MR) is 111 cm³/mol. The molecule has 0 radical (unpaired) electrons. The van der Waals surface area contributed by atoms with Crippen LogP contribution in [0.2, 0.25) is 0 Å². The Balaban J connectivity index is 3.14. The fraction of sp³-hybridized carbons (Fsp3) is 0.636. The molecule has 0 bridgehead atoms. The lowest BCUT2D eigenvalue weighted by molar-refractivity contribution is -0.140. The smallest absolute Gasteiger partial charge is 0.341 e. The molecule has 1 N–H and O–H groups in total. The molecule has 0 unspecified atom stereocenters. The van der Waals surface area contributed by atoms with E-state index >= 15 is 0 Å². The van der Waals surface area contributed by atoms with Crippen molar-refractivity contribution >= 4 is 17.6 Å². The summed E-state index contributed by atoms with van der Waals surface area (Å²) in [6.45, 7) is 14.1. The fourth-order valence-electron chi connectivity index (χ4n) is 2.96. The van der Waals surface area contributed by atoms with Crippen LogP contribution in [0.1, 0.15) is 71.7 Å². The number of nitrogens with one attached hydrogen (secondary N) is 1. The highest BCUT2D eigenvalue weighted by Gasteiger charge is 2.35. The Morgan fingerprint density at radius 2 is 1.79 bits per heavy atom. The van der Waals surface area contributed by atoms with Gasteiger partial charge in [0.25, 0.3) is 5.91 Å². The van der Waals surface area contributed by atoms with Crippen LogP contribution in [0.4, 0.5) is 5.69 Å². The first-order chi connectivity index (χ1) is 13.2. The van der Waals surface area contributed by atoms with Crippen LogP contribution in [0, 0.1) is 5.92 Å². The monoisotopic (exact) mass is 393 g/mol. The lowest BCUT2D eigenvalue weighted by atomic mass is 9.93. The van der Waals surface area contributed by atoms with E-state index < -0.39 is 11.6 Å². The van der Waals surface area contributed by atoms with E-state index in [4.69, 9.17) is 14.2 Å². The molecule has 0 aliphatic rings. The van der Waals surface area contributed by atoms with E-state index in [0.29, 0.717) is 35.9 Å². The molecular formula is C22H35NO5. The molecule has 6 heteroatoms. The fourth-order valence-corrected chi connectivity index (χ4v) is 2.96. The van der Waals surface area contributed by atoms with E-state index in [9.17, 15) is 9.59 Å². The van der Waals surface area contributed by atoms with Crippen molar-refractivity contribution in [3.8, 4) is 5.75 Å². The summed E-state index contributed by atoms with van der Waals surface area (Å²) in [5.74, 6) is 0.0179. The van der Waals surface area contributed by atoms with Gasteiger partial charge in [-0.25, -0.2) is 4.79 Å². The molecule has 1 amide bonds. The van der Waals surface area contributed by atoms with Crippen LogP contribution in [0.5, 0.6) is 5.75 Å². The summed E-state index contributed by atoms with van der Waals surface area (Å²) >= 11 is 0. The molecule has 6 nitrogen and oxygen atoms in total. The molecule has 0 aliphatic carbocycles. The van der Waals surface area contributed by atoms with Crippen LogP contribution >= 0.6 is 0 Å². The zero-order valence-electron chi connectivity index (χ0n) is 18.3. The van der Waals surface area contributed by atoms with Gasteiger partial charge >= 0.3 is 5.97 Å². The number of rotatable bonds is 11. The van der Waals surface area contributed by atoms with Crippen molar-refractivity contribution in [2.75, 3.05) is 18.5 Å². The Morgan fingerprint density at radius 3 is 2.32 bits per heavy atom. The van der Waals surface area contributed by atoms with E-state index in [1.54, 1.807) is 32.0 Å². The minimum Gasteiger partial charge on any atom is -0.490 e. The molecule has 0 aliphatic heterocycles. The lowest BCUT2D eigenvalue weighted by Gasteiger charge is -2.30. The van der Waals surface area contributed by atoms with Crippen molar-refractivity contribution < 1.29 is 23.8 Å².